The number of rotatable bonds is 3. The van der Waals surface area contributed by atoms with Gasteiger partial charge in [0.1, 0.15) is 5.82 Å². The van der Waals surface area contributed by atoms with Crippen LogP contribution >= 0.6 is 11.6 Å². The van der Waals surface area contributed by atoms with Crippen molar-refractivity contribution < 1.29 is 4.39 Å². The zero-order chi connectivity index (χ0) is 14.1. The van der Waals surface area contributed by atoms with Crippen molar-refractivity contribution in [1.82, 2.24) is 0 Å². The average Bonchev–Trinajstić information content (AvgIpc) is 2.84. The Morgan fingerprint density at radius 3 is 2.80 bits per heavy atom. The van der Waals surface area contributed by atoms with Gasteiger partial charge in [-0.05, 0) is 54.8 Å². The van der Waals surface area contributed by atoms with Crippen molar-refractivity contribution in [1.29, 1.82) is 0 Å². The molecule has 1 aliphatic rings. The summed E-state index contributed by atoms with van der Waals surface area (Å²) in [6.45, 7) is 1.43. The van der Waals surface area contributed by atoms with E-state index in [1.807, 2.05) is 24.3 Å². The fourth-order valence-corrected chi connectivity index (χ4v) is 2.95. The second-order valence-corrected chi connectivity index (χ2v) is 5.40. The first-order valence-electron chi connectivity index (χ1n) is 6.73. The molecule has 0 saturated carbocycles. The maximum absolute atomic E-state index is 13.4. The van der Waals surface area contributed by atoms with Crippen LogP contribution in [-0.4, -0.2) is 13.1 Å². The number of fused-ring (bicyclic) bond motifs is 1. The molecule has 3 rings (SSSR count). The number of halogens is 2. The molecule has 0 aromatic heterocycles. The third kappa shape index (κ3) is 2.39. The normalized spacial score (nSPS) is 13.7. The SMILES string of the molecule is NCCc1ccc(N2CCc3ccc(F)cc32)cc1Cl. The van der Waals surface area contributed by atoms with E-state index in [4.69, 9.17) is 17.3 Å². The first-order valence-corrected chi connectivity index (χ1v) is 7.11. The van der Waals surface area contributed by atoms with Crippen molar-refractivity contribution >= 4 is 23.0 Å². The van der Waals surface area contributed by atoms with Crippen LogP contribution < -0.4 is 10.6 Å². The number of anilines is 2. The topological polar surface area (TPSA) is 29.3 Å². The second-order valence-electron chi connectivity index (χ2n) is 4.99. The summed E-state index contributed by atoms with van der Waals surface area (Å²) < 4.78 is 13.4. The molecule has 0 atom stereocenters. The highest BCUT2D eigenvalue weighted by atomic mass is 35.5. The quantitative estimate of drug-likeness (QED) is 0.934. The Kier molecular flexibility index (Phi) is 3.64. The molecule has 2 aromatic carbocycles. The summed E-state index contributed by atoms with van der Waals surface area (Å²) in [5, 5.41) is 0.720. The van der Waals surface area contributed by atoms with E-state index in [-0.39, 0.29) is 5.82 Å². The van der Waals surface area contributed by atoms with Gasteiger partial charge < -0.3 is 10.6 Å². The molecule has 2 aromatic rings. The van der Waals surface area contributed by atoms with Crippen LogP contribution in [0.5, 0.6) is 0 Å². The van der Waals surface area contributed by atoms with E-state index in [2.05, 4.69) is 4.90 Å². The van der Waals surface area contributed by atoms with Gasteiger partial charge in [-0.25, -0.2) is 4.39 Å². The third-order valence-corrected chi connectivity index (χ3v) is 4.06. The van der Waals surface area contributed by atoms with Crippen molar-refractivity contribution in [2.45, 2.75) is 12.8 Å². The van der Waals surface area contributed by atoms with Gasteiger partial charge in [-0.15, -0.1) is 0 Å². The van der Waals surface area contributed by atoms with Crippen molar-refractivity contribution in [3.63, 3.8) is 0 Å². The van der Waals surface area contributed by atoms with Gasteiger partial charge in [0.15, 0.2) is 0 Å². The fourth-order valence-electron chi connectivity index (χ4n) is 2.68. The summed E-state index contributed by atoms with van der Waals surface area (Å²) >= 11 is 6.29. The first-order chi connectivity index (χ1) is 9.69. The highest BCUT2D eigenvalue weighted by molar-refractivity contribution is 6.31. The Hall–Kier alpha value is -1.58. The number of nitrogens with zero attached hydrogens (tertiary/aromatic N) is 1. The van der Waals surface area contributed by atoms with E-state index in [1.54, 1.807) is 6.07 Å². The lowest BCUT2D eigenvalue weighted by Gasteiger charge is -2.20. The number of benzene rings is 2. The molecular formula is C16H16ClFN2. The molecule has 1 heterocycles. The van der Waals surface area contributed by atoms with E-state index >= 15 is 0 Å². The van der Waals surface area contributed by atoms with Crippen molar-refractivity contribution in [2.24, 2.45) is 5.73 Å². The zero-order valence-corrected chi connectivity index (χ0v) is 11.8. The van der Waals surface area contributed by atoms with Crippen molar-refractivity contribution in [3.8, 4) is 0 Å². The molecule has 0 amide bonds. The Morgan fingerprint density at radius 2 is 2.05 bits per heavy atom. The summed E-state index contributed by atoms with van der Waals surface area (Å²) in [7, 11) is 0. The van der Waals surface area contributed by atoms with Gasteiger partial charge in [0.25, 0.3) is 0 Å². The van der Waals surface area contributed by atoms with Gasteiger partial charge in [-0.1, -0.05) is 23.7 Å². The largest absolute Gasteiger partial charge is 0.341 e. The molecule has 0 radical (unpaired) electrons. The van der Waals surface area contributed by atoms with Crippen molar-refractivity contribution in [2.75, 3.05) is 18.0 Å². The summed E-state index contributed by atoms with van der Waals surface area (Å²) in [5.74, 6) is -0.207. The molecule has 2 nitrogen and oxygen atoms in total. The van der Waals surface area contributed by atoms with Gasteiger partial charge in [0.2, 0.25) is 0 Å². The minimum absolute atomic E-state index is 0.207. The highest BCUT2D eigenvalue weighted by Crippen LogP contribution is 2.36. The lowest BCUT2D eigenvalue weighted by molar-refractivity contribution is 0.628. The minimum Gasteiger partial charge on any atom is -0.341 e. The lowest BCUT2D eigenvalue weighted by Crippen LogP contribution is -2.13. The molecule has 1 aliphatic heterocycles. The fraction of sp³-hybridized carbons (Fsp3) is 0.250. The molecule has 4 heteroatoms. The molecule has 20 heavy (non-hydrogen) atoms. The van der Waals surface area contributed by atoms with E-state index in [1.165, 1.54) is 11.6 Å². The van der Waals surface area contributed by atoms with Gasteiger partial charge in [0, 0.05) is 22.9 Å². The average molecular weight is 291 g/mol. The van der Waals surface area contributed by atoms with Crippen LogP contribution in [0.25, 0.3) is 0 Å². The summed E-state index contributed by atoms with van der Waals surface area (Å²) in [6, 6.07) is 10.9. The molecule has 104 valence electrons. The molecule has 0 fully saturated rings. The van der Waals surface area contributed by atoms with Gasteiger partial charge >= 0.3 is 0 Å². The van der Waals surface area contributed by atoms with Gasteiger partial charge in [-0.3, -0.25) is 0 Å². The van der Waals surface area contributed by atoms with Crippen LogP contribution in [0.4, 0.5) is 15.8 Å². The van der Waals surface area contributed by atoms with Gasteiger partial charge in [-0.2, -0.15) is 0 Å². The van der Waals surface area contributed by atoms with Crippen LogP contribution in [-0.2, 0) is 12.8 Å². The molecule has 0 spiro atoms. The Morgan fingerprint density at radius 1 is 1.20 bits per heavy atom. The monoisotopic (exact) mass is 290 g/mol. The molecule has 0 aliphatic carbocycles. The predicted octanol–water partition coefficient (Wildman–Crippen LogP) is 3.67. The summed E-state index contributed by atoms with van der Waals surface area (Å²) in [5.41, 5.74) is 9.72. The van der Waals surface area contributed by atoms with Crippen LogP contribution in [0.15, 0.2) is 36.4 Å². The number of hydrogen-bond acceptors (Lipinski definition) is 2. The Bertz CT molecular complexity index is 642. The van der Waals surface area contributed by atoms with Crippen LogP contribution in [0.3, 0.4) is 0 Å². The lowest BCUT2D eigenvalue weighted by atomic mass is 10.1. The first kappa shape index (κ1) is 13.4. The summed E-state index contributed by atoms with van der Waals surface area (Å²) in [4.78, 5) is 2.11. The molecule has 0 bridgehead atoms. The standard InChI is InChI=1S/C16H16ClFN2/c17-15-10-14(4-2-11(15)5-7-19)20-8-6-12-1-3-13(18)9-16(12)20/h1-4,9-10H,5-8,19H2. The number of nitrogens with two attached hydrogens (primary N) is 1. The molecule has 0 unspecified atom stereocenters. The molecule has 0 saturated heterocycles. The predicted molar refractivity (Wildman–Crippen MR) is 81.3 cm³/mol. The molecule has 2 N–H and O–H groups in total. The maximum Gasteiger partial charge on any atom is 0.125 e. The van der Waals surface area contributed by atoms with Gasteiger partial charge in [0.05, 0.1) is 0 Å². The Labute approximate surface area is 123 Å². The smallest absolute Gasteiger partial charge is 0.125 e. The Balaban J connectivity index is 1.96. The van der Waals surface area contributed by atoms with Crippen molar-refractivity contribution in [3.05, 3.63) is 58.4 Å². The maximum atomic E-state index is 13.4. The highest BCUT2D eigenvalue weighted by Gasteiger charge is 2.21. The number of hydrogen-bond donors (Lipinski definition) is 1. The van der Waals surface area contributed by atoms with E-state index in [0.29, 0.717) is 6.54 Å². The van der Waals surface area contributed by atoms with Crippen LogP contribution in [0, 0.1) is 5.82 Å². The summed E-state index contributed by atoms with van der Waals surface area (Å²) in [6.07, 6.45) is 1.70. The van der Waals surface area contributed by atoms with Crippen LogP contribution in [0.2, 0.25) is 5.02 Å². The minimum atomic E-state index is -0.207. The van der Waals surface area contributed by atoms with Crippen LogP contribution in [0.1, 0.15) is 11.1 Å². The molecular weight excluding hydrogens is 275 g/mol. The second kappa shape index (κ2) is 5.43. The van der Waals surface area contributed by atoms with E-state index in [9.17, 15) is 4.39 Å². The third-order valence-electron chi connectivity index (χ3n) is 3.70. The zero-order valence-electron chi connectivity index (χ0n) is 11.1. The van der Waals surface area contributed by atoms with E-state index in [0.717, 1.165) is 41.3 Å². The van der Waals surface area contributed by atoms with E-state index < -0.39 is 0 Å².